The van der Waals surface area contributed by atoms with Crippen molar-refractivity contribution in [1.29, 1.82) is 0 Å². The number of hydrogen-bond donors (Lipinski definition) is 0. The van der Waals surface area contributed by atoms with Gasteiger partial charge >= 0.3 is 0 Å². The Labute approximate surface area is 119 Å². The topological polar surface area (TPSA) is 34.9 Å². The maximum atomic E-state index is 12.5. The van der Waals surface area contributed by atoms with Crippen LogP contribution in [0.15, 0.2) is 16.7 Å². The second-order valence-corrected chi connectivity index (χ2v) is 6.67. The van der Waals surface area contributed by atoms with E-state index in [0.717, 1.165) is 14.9 Å². The van der Waals surface area contributed by atoms with Crippen LogP contribution in [-0.4, -0.2) is 15.6 Å². The lowest BCUT2D eigenvalue weighted by molar-refractivity contribution is 0.103. The van der Waals surface area contributed by atoms with Crippen molar-refractivity contribution >= 4 is 33.0 Å². The molecular weight excluding hydrogens is 312 g/mol. The van der Waals surface area contributed by atoms with Gasteiger partial charge in [-0.1, -0.05) is 0 Å². The van der Waals surface area contributed by atoms with E-state index in [-0.39, 0.29) is 11.8 Å². The SMILES string of the molecule is Cc1cc(C(=O)c2c(Br)cnn2C(C)C)sc1C. The second kappa shape index (κ2) is 4.97. The summed E-state index contributed by atoms with van der Waals surface area (Å²) in [7, 11) is 0. The van der Waals surface area contributed by atoms with Gasteiger partial charge in [-0.25, -0.2) is 0 Å². The lowest BCUT2D eigenvalue weighted by Crippen LogP contribution is -2.13. The molecule has 18 heavy (non-hydrogen) atoms. The van der Waals surface area contributed by atoms with Gasteiger partial charge in [-0.15, -0.1) is 11.3 Å². The number of ketones is 1. The van der Waals surface area contributed by atoms with E-state index in [9.17, 15) is 4.79 Å². The summed E-state index contributed by atoms with van der Waals surface area (Å²) in [6.07, 6.45) is 1.68. The quantitative estimate of drug-likeness (QED) is 0.794. The maximum Gasteiger partial charge on any atom is 0.222 e. The number of carbonyl (C=O) groups is 1. The average molecular weight is 327 g/mol. The van der Waals surface area contributed by atoms with E-state index in [1.54, 1.807) is 10.9 Å². The highest BCUT2D eigenvalue weighted by molar-refractivity contribution is 9.10. The van der Waals surface area contributed by atoms with Crippen LogP contribution in [0.1, 0.15) is 45.7 Å². The van der Waals surface area contributed by atoms with Gasteiger partial charge in [0.1, 0.15) is 5.69 Å². The molecule has 2 aromatic heterocycles. The van der Waals surface area contributed by atoms with Gasteiger partial charge < -0.3 is 0 Å². The predicted molar refractivity (Wildman–Crippen MR) is 77.5 cm³/mol. The molecule has 0 saturated carbocycles. The minimum absolute atomic E-state index is 0.0364. The first-order valence-corrected chi connectivity index (χ1v) is 7.37. The standard InChI is InChI=1S/C13H15BrN2OS/c1-7(2)16-12(10(14)6-15-16)13(17)11-5-8(3)9(4)18-11/h5-7H,1-4H3. The second-order valence-electron chi connectivity index (χ2n) is 4.56. The number of rotatable bonds is 3. The molecule has 0 N–H and O–H groups in total. The molecule has 0 aliphatic rings. The van der Waals surface area contributed by atoms with Crippen molar-refractivity contribution in [2.24, 2.45) is 0 Å². The number of aromatic nitrogens is 2. The Hall–Kier alpha value is -0.940. The number of nitrogens with zero attached hydrogens (tertiary/aromatic N) is 2. The van der Waals surface area contributed by atoms with Gasteiger partial charge in [-0.3, -0.25) is 9.48 Å². The summed E-state index contributed by atoms with van der Waals surface area (Å²) in [5.41, 5.74) is 1.79. The zero-order valence-corrected chi connectivity index (χ0v) is 13.2. The highest BCUT2D eigenvalue weighted by atomic mass is 79.9. The number of aryl methyl sites for hydroxylation is 2. The van der Waals surface area contributed by atoms with Crippen LogP contribution < -0.4 is 0 Å². The summed E-state index contributed by atoms with van der Waals surface area (Å²) < 4.78 is 2.52. The van der Waals surface area contributed by atoms with E-state index >= 15 is 0 Å². The molecule has 0 saturated heterocycles. The highest BCUT2D eigenvalue weighted by Crippen LogP contribution is 2.27. The van der Waals surface area contributed by atoms with Crippen molar-refractivity contribution in [3.8, 4) is 0 Å². The molecule has 2 rings (SSSR count). The lowest BCUT2D eigenvalue weighted by atomic mass is 10.2. The van der Waals surface area contributed by atoms with Crippen molar-refractivity contribution in [2.45, 2.75) is 33.7 Å². The van der Waals surface area contributed by atoms with E-state index in [4.69, 9.17) is 0 Å². The summed E-state index contributed by atoms with van der Waals surface area (Å²) in [4.78, 5) is 14.5. The predicted octanol–water partition coefficient (Wildman–Crippen LogP) is 4.14. The van der Waals surface area contributed by atoms with Gasteiger partial charge in [0.05, 0.1) is 15.5 Å². The Morgan fingerprint density at radius 3 is 2.61 bits per heavy atom. The van der Waals surface area contributed by atoms with E-state index in [1.165, 1.54) is 16.2 Å². The third kappa shape index (κ3) is 2.29. The van der Waals surface area contributed by atoms with E-state index in [1.807, 2.05) is 33.8 Å². The minimum Gasteiger partial charge on any atom is -0.286 e. The van der Waals surface area contributed by atoms with Crippen molar-refractivity contribution in [1.82, 2.24) is 9.78 Å². The van der Waals surface area contributed by atoms with Gasteiger partial charge in [0.2, 0.25) is 5.78 Å². The third-order valence-electron chi connectivity index (χ3n) is 2.84. The molecule has 0 fully saturated rings. The van der Waals surface area contributed by atoms with Crippen LogP contribution in [0, 0.1) is 13.8 Å². The van der Waals surface area contributed by atoms with Crippen LogP contribution in [0.4, 0.5) is 0 Å². The van der Waals surface area contributed by atoms with Crippen LogP contribution in [0.2, 0.25) is 0 Å². The number of halogens is 1. The fourth-order valence-electron chi connectivity index (χ4n) is 1.75. The fourth-order valence-corrected chi connectivity index (χ4v) is 3.18. The molecule has 0 atom stereocenters. The average Bonchev–Trinajstić information content (AvgIpc) is 2.83. The largest absolute Gasteiger partial charge is 0.286 e. The summed E-state index contributed by atoms with van der Waals surface area (Å²) in [5, 5.41) is 4.24. The minimum atomic E-state index is 0.0364. The van der Waals surface area contributed by atoms with Crippen molar-refractivity contribution in [3.05, 3.63) is 37.7 Å². The highest BCUT2D eigenvalue weighted by Gasteiger charge is 2.22. The lowest BCUT2D eigenvalue weighted by Gasteiger charge is -2.09. The van der Waals surface area contributed by atoms with Crippen molar-refractivity contribution in [2.75, 3.05) is 0 Å². The Kier molecular flexibility index (Phi) is 3.73. The zero-order chi connectivity index (χ0) is 13.4. The molecule has 96 valence electrons. The van der Waals surface area contributed by atoms with Crippen LogP contribution in [0.5, 0.6) is 0 Å². The molecule has 0 spiro atoms. The molecule has 0 aliphatic heterocycles. The Balaban J connectivity index is 2.49. The van der Waals surface area contributed by atoms with Crippen LogP contribution in [-0.2, 0) is 0 Å². The summed E-state index contributed by atoms with van der Waals surface area (Å²) in [6.45, 7) is 8.09. The fraction of sp³-hybridized carbons (Fsp3) is 0.385. The molecule has 0 amide bonds. The first-order valence-electron chi connectivity index (χ1n) is 5.76. The zero-order valence-electron chi connectivity index (χ0n) is 10.8. The summed E-state index contributed by atoms with van der Waals surface area (Å²) in [6, 6.07) is 2.12. The summed E-state index contributed by atoms with van der Waals surface area (Å²) >= 11 is 4.95. The Bertz CT molecular complexity index is 579. The van der Waals surface area contributed by atoms with E-state index in [2.05, 4.69) is 21.0 Å². The Morgan fingerprint density at radius 1 is 1.44 bits per heavy atom. The van der Waals surface area contributed by atoms with E-state index in [0.29, 0.717) is 5.69 Å². The number of carbonyl (C=O) groups excluding carboxylic acids is 1. The first kappa shape index (κ1) is 13.5. The molecule has 0 radical (unpaired) electrons. The van der Waals surface area contributed by atoms with Gasteiger partial charge in [0, 0.05) is 10.9 Å². The van der Waals surface area contributed by atoms with Crippen LogP contribution in [0.25, 0.3) is 0 Å². The van der Waals surface area contributed by atoms with Crippen molar-refractivity contribution < 1.29 is 4.79 Å². The molecular formula is C13H15BrN2OS. The molecule has 2 heterocycles. The smallest absolute Gasteiger partial charge is 0.222 e. The molecule has 2 aromatic rings. The molecule has 3 nitrogen and oxygen atoms in total. The molecule has 5 heteroatoms. The van der Waals surface area contributed by atoms with Crippen molar-refractivity contribution in [3.63, 3.8) is 0 Å². The van der Waals surface area contributed by atoms with Crippen LogP contribution in [0.3, 0.4) is 0 Å². The van der Waals surface area contributed by atoms with Gasteiger partial charge in [-0.2, -0.15) is 5.10 Å². The van der Waals surface area contributed by atoms with Gasteiger partial charge in [0.15, 0.2) is 0 Å². The monoisotopic (exact) mass is 326 g/mol. The van der Waals surface area contributed by atoms with Gasteiger partial charge in [0.25, 0.3) is 0 Å². The Morgan fingerprint density at radius 2 is 2.11 bits per heavy atom. The third-order valence-corrected chi connectivity index (χ3v) is 4.58. The summed E-state index contributed by atoms with van der Waals surface area (Å²) in [5.74, 6) is 0.0364. The van der Waals surface area contributed by atoms with E-state index < -0.39 is 0 Å². The molecule has 0 bridgehead atoms. The molecule has 0 aromatic carbocycles. The number of hydrogen-bond acceptors (Lipinski definition) is 3. The normalized spacial score (nSPS) is 11.2. The van der Waals surface area contributed by atoms with Gasteiger partial charge in [-0.05, 0) is 55.3 Å². The maximum absolute atomic E-state index is 12.5. The molecule has 0 aliphatic carbocycles. The van der Waals surface area contributed by atoms with Crippen LogP contribution >= 0.6 is 27.3 Å². The number of thiophene rings is 1. The first-order chi connectivity index (χ1) is 8.41. The molecule has 0 unspecified atom stereocenters.